The lowest BCUT2D eigenvalue weighted by molar-refractivity contribution is -0.208. The van der Waals surface area contributed by atoms with Crippen LogP contribution in [0.1, 0.15) is 54.4 Å². The Kier molecular flexibility index (Phi) is 9.56. The van der Waals surface area contributed by atoms with E-state index in [9.17, 15) is 0 Å². The fourth-order valence-electron chi connectivity index (χ4n) is 13.1. The van der Waals surface area contributed by atoms with E-state index in [2.05, 4.69) is 187 Å². The summed E-state index contributed by atoms with van der Waals surface area (Å²) < 4.78 is 15.8. The number of nitroso groups, excluding NO2 is 1. The van der Waals surface area contributed by atoms with Gasteiger partial charge in [0.1, 0.15) is 17.8 Å². The summed E-state index contributed by atoms with van der Waals surface area (Å²) >= 11 is 0. The van der Waals surface area contributed by atoms with Crippen molar-refractivity contribution in [2.75, 3.05) is 0 Å². The van der Waals surface area contributed by atoms with Crippen molar-refractivity contribution < 1.29 is 14.6 Å². The lowest BCUT2D eigenvalue weighted by atomic mass is 9.67. The van der Waals surface area contributed by atoms with Crippen molar-refractivity contribution in [1.29, 1.82) is 0 Å². The van der Waals surface area contributed by atoms with Crippen LogP contribution >= 0.6 is 0 Å². The van der Waals surface area contributed by atoms with E-state index >= 15 is 10.0 Å². The van der Waals surface area contributed by atoms with E-state index in [0.29, 0.717) is 35.1 Å². The van der Waals surface area contributed by atoms with Crippen molar-refractivity contribution in [3.63, 3.8) is 0 Å². The largest absolute Gasteiger partial charge is 0.377 e. The van der Waals surface area contributed by atoms with Crippen LogP contribution < -0.4 is 0 Å². The molecule has 0 aromatic heterocycles. The zero-order chi connectivity index (χ0) is 47.3. The number of fused-ring (bicyclic) bond motifs is 12. The van der Waals surface area contributed by atoms with Gasteiger partial charge in [0.05, 0.1) is 0 Å². The summed E-state index contributed by atoms with van der Waals surface area (Å²) in [6.45, 7) is 0. The molecule has 1 aliphatic carbocycles. The van der Waals surface area contributed by atoms with E-state index < -0.39 is 29.1 Å². The number of benzene rings is 12. The zero-order valence-electron chi connectivity index (χ0n) is 39.1. The molecule has 0 bridgehead atoms. The molecule has 12 aromatic rings. The van der Waals surface area contributed by atoms with Crippen molar-refractivity contribution >= 4 is 86.2 Å². The van der Waals surface area contributed by atoms with Crippen LogP contribution in [0, 0.1) is 4.91 Å². The van der Waals surface area contributed by atoms with Gasteiger partial charge in [-0.1, -0.05) is 206 Å². The van der Waals surface area contributed by atoms with Crippen LogP contribution in [0.25, 0.3) is 86.2 Å². The minimum Gasteiger partial charge on any atom is -0.377 e. The maximum Gasteiger partial charge on any atom is 0.182 e. The Balaban J connectivity index is 1.18. The van der Waals surface area contributed by atoms with Gasteiger partial charge in [-0.15, -0.1) is 4.91 Å². The molecule has 2 fully saturated rings. The van der Waals surface area contributed by atoms with Crippen molar-refractivity contribution in [1.82, 2.24) is 0 Å². The highest BCUT2D eigenvalue weighted by Gasteiger charge is 2.66. The molecule has 1 saturated carbocycles. The Morgan fingerprint density at radius 3 is 1.00 bits per heavy atom. The Morgan fingerprint density at radius 2 is 0.648 bits per heavy atom. The maximum absolute atomic E-state index is 15.7. The average Bonchev–Trinajstić information content (AvgIpc) is 3.81. The van der Waals surface area contributed by atoms with E-state index in [1.165, 1.54) is 0 Å². The average molecular weight is 920 g/mol. The first-order valence-electron chi connectivity index (χ1n) is 25.1. The normalized spacial score (nSPS) is 17.4. The van der Waals surface area contributed by atoms with E-state index in [1.807, 2.05) is 36.4 Å². The summed E-state index contributed by atoms with van der Waals surface area (Å²) in [6, 6.07) is 75.6. The monoisotopic (exact) mass is 919 g/mol. The van der Waals surface area contributed by atoms with Gasteiger partial charge in [0.15, 0.2) is 11.3 Å². The van der Waals surface area contributed by atoms with Crippen LogP contribution in [-0.2, 0) is 20.6 Å². The van der Waals surface area contributed by atoms with Gasteiger partial charge in [0.2, 0.25) is 0 Å². The van der Waals surface area contributed by atoms with Crippen molar-refractivity contribution in [2.24, 2.45) is 5.18 Å². The van der Waals surface area contributed by atoms with Crippen LogP contribution in [0.2, 0.25) is 0 Å². The summed E-state index contributed by atoms with van der Waals surface area (Å²) in [6.07, 6.45) is 1.57. The highest BCUT2D eigenvalue weighted by atomic mass is 16.8. The molecule has 0 amide bonds. The van der Waals surface area contributed by atoms with Crippen molar-refractivity contribution in [2.45, 2.75) is 61.2 Å². The second-order valence-electron chi connectivity index (χ2n) is 19.9. The lowest BCUT2D eigenvalue weighted by Crippen LogP contribution is -2.54. The van der Waals surface area contributed by atoms with Crippen LogP contribution in [0.5, 0.6) is 0 Å². The molecule has 1 spiro atoms. The summed E-state index contributed by atoms with van der Waals surface area (Å²) in [5, 5.41) is 35.8. The van der Waals surface area contributed by atoms with E-state index in [-0.39, 0.29) is 0 Å². The molecule has 14 rings (SSSR count). The van der Waals surface area contributed by atoms with Crippen molar-refractivity contribution in [3.8, 4) is 0 Å². The number of nitrogens with zero attached hydrogens (tertiary/aromatic N) is 1. The van der Waals surface area contributed by atoms with E-state index in [4.69, 9.17) is 9.47 Å². The molecule has 2 aliphatic rings. The summed E-state index contributed by atoms with van der Waals surface area (Å²) in [5.41, 5.74) is -1.07. The SMILES string of the molecule is O=NC(c1cc2ccccc2c2ccccc12)(c1cc2ccccc2c2ccccc12)C1OC2(CCCCC2)OC1C(O)(c1cc2ccccc2c2ccccc12)c1cc2ccccc2c2ccccc12. The van der Waals surface area contributed by atoms with Gasteiger partial charge in [-0.3, -0.25) is 0 Å². The number of hydrogen-bond donors (Lipinski definition) is 1. The molecule has 12 aromatic carbocycles. The first-order chi connectivity index (χ1) is 35.0. The predicted molar refractivity (Wildman–Crippen MR) is 291 cm³/mol. The van der Waals surface area contributed by atoms with Crippen molar-refractivity contribution in [3.05, 3.63) is 246 Å². The van der Waals surface area contributed by atoms with Gasteiger partial charge in [-0.05, 0) is 146 Å². The van der Waals surface area contributed by atoms with E-state index in [1.54, 1.807) is 0 Å². The highest BCUT2D eigenvalue weighted by Crippen LogP contribution is 2.59. The smallest absolute Gasteiger partial charge is 0.182 e. The number of rotatable bonds is 7. The Bertz CT molecular complexity index is 3900. The van der Waals surface area contributed by atoms with Gasteiger partial charge >= 0.3 is 0 Å². The minimum atomic E-state index is -1.98. The first kappa shape index (κ1) is 42.1. The first-order valence-corrected chi connectivity index (χ1v) is 25.1. The third kappa shape index (κ3) is 6.17. The second-order valence-corrected chi connectivity index (χ2v) is 19.9. The fraction of sp³-hybridized carbons (Fsp3) is 0.152. The van der Waals surface area contributed by atoms with Gasteiger partial charge in [-0.25, -0.2) is 0 Å². The third-order valence-electron chi connectivity index (χ3n) is 16.3. The molecule has 5 nitrogen and oxygen atoms in total. The topological polar surface area (TPSA) is 68.1 Å². The molecule has 1 saturated heterocycles. The lowest BCUT2D eigenvalue weighted by Gasteiger charge is -2.43. The van der Waals surface area contributed by atoms with Gasteiger partial charge in [0.25, 0.3) is 0 Å². The predicted octanol–water partition coefficient (Wildman–Crippen LogP) is 16.3. The van der Waals surface area contributed by atoms with E-state index in [0.717, 1.165) is 105 Å². The minimum absolute atomic E-state index is 0.596. The fourth-order valence-corrected chi connectivity index (χ4v) is 13.1. The molecule has 1 N–H and O–H groups in total. The molecule has 71 heavy (non-hydrogen) atoms. The number of aliphatic hydroxyl groups is 1. The Labute approximate surface area is 410 Å². The van der Waals surface area contributed by atoms with Gasteiger partial charge in [0, 0.05) is 12.8 Å². The van der Waals surface area contributed by atoms with Crippen LogP contribution in [0.3, 0.4) is 0 Å². The summed E-state index contributed by atoms with van der Waals surface area (Å²) in [7, 11) is 0. The molecular weight excluding hydrogens is 871 g/mol. The molecular formula is C66H49NO4. The molecule has 1 aliphatic heterocycles. The quantitative estimate of drug-likeness (QED) is 0.128. The number of ether oxygens (including phenoxy) is 2. The summed E-state index contributed by atoms with van der Waals surface area (Å²) in [5.74, 6) is -1.14. The van der Waals surface area contributed by atoms with Gasteiger partial charge < -0.3 is 14.6 Å². The van der Waals surface area contributed by atoms with Crippen LogP contribution in [-0.4, -0.2) is 23.1 Å². The maximum atomic E-state index is 15.7. The molecule has 0 radical (unpaired) electrons. The molecule has 2 unspecified atom stereocenters. The Morgan fingerprint density at radius 1 is 0.366 bits per heavy atom. The standard InChI is InChI=1S/C66H49NO4/c68-66(60-40-44-22-4-8-26-48(44)52-30-12-16-34-56(52)60,61-41-45-23-5-9-27-49(45)53-31-13-17-35-57(53)61)63-62(70-64(71-63)36-18-1-19-37-64)65(67-69,58-38-42-20-2-6-24-46(42)50-28-10-14-32-54(50)58)59-39-43-21-3-7-25-47(43)51-29-11-15-33-55(51)59/h2-17,20-35,38-41,62-63,68H,1,18-19,36-37H2. The molecule has 1 heterocycles. The van der Waals surface area contributed by atoms with Crippen LogP contribution in [0.4, 0.5) is 0 Å². The molecule has 5 heteroatoms. The summed E-state index contributed by atoms with van der Waals surface area (Å²) in [4.78, 5) is 15.7. The highest BCUT2D eigenvalue weighted by molar-refractivity contribution is 6.14. The third-order valence-corrected chi connectivity index (χ3v) is 16.3. The molecule has 342 valence electrons. The zero-order valence-corrected chi connectivity index (χ0v) is 39.1. The Hall–Kier alpha value is -7.80. The number of hydrogen-bond acceptors (Lipinski definition) is 5. The van der Waals surface area contributed by atoms with Gasteiger partial charge in [-0.2, -0.15) is 0 Å². The molecule has 2 atom stereocenters. The second kappa shape index (κ2) is 16.1. The van der Waals surface area contributed by atoms with Crippen LogP contribution in [0.15, 0.2) is 224 Å².